The van der Waals surface area contributed by atoms with Crippen LogP contribution in [0.1, 0.15) is 49.1 Å². The molecule has 0 spiro atoms. The van der Waals surface area contributed by atoms with Gasteiger partial charge in [-0.3, -0.25) is 0 Å². The van der Waals surface area contributed by atoms with Gasteiger partial charge in [0.2, 0.25) is 0 Å². The minimum absolute atomic E-state index is 0.0189. The van der Waals surface area contributed by atoms with Gasteiger partial charge in [-0.25, -0.2) is 8.78 Å². The van der Waals surface area contributed by atoms with Gasteiger partial charge < -0.3 is 0 Å². The van der Waals surface area contributed by atoms with Gasteiger partial charge in [0.25, 0.3) is 0 Å². The van der Waals surface area contributed by atoms with Crippen LogP contribution < -0.4 is 0 Å². The minimum atomic E-state index is -0.811. The lowest BCUT2D eigenvalue weighted by molar-refractivity contribution is 0.501. The maximum absolute atomic E-state index is 14.8. The Balaban J connectivity index is 1.80. The monoisotopic (exact) mass is 534 g/mol. The molecule has 4 heteroatoms. The van der Waals surface area contributed by atoms with E-state index in [-0.39, 0.29) is 15.2 Å². The van der Waals surface area contributed by atoms with E-state index in [0.717, 1.165) is 17.5 Å². The van der Waals surface area contributed by atoms with Gasteiger partial charge in [-0.05, 0) is 35.1 Å². The van der Waals surface area contributed by atoms with Gasteiger partial charge in [-0.2, -0.15) is 0 Å². The van der Waals surface area contributed by atoms with Crippen LogP contribution in [0.5, 0.6) is 0 Å². The number of halogens is 4. The fourth-order valence-electron chi connectivity index (χ4n) is 3.53. The molecule has 0 aliphatic carbocycles. The smallest absolute Gasteiger partial charge is 0.166 e. The molecule has 158 valence electrons. The largest absolute Gasteiger partial charge is 0.203 e. The summed E-state index contributed by atoms with van der Waals surface area (Å²) in [7, 11) is 0. The number of alkyl halides is 2. The van der Waals surface area contributed by atoms with Crippen molar-refractivity contribution in [3.05, 3.63) is 83.4 Å². The molecule has 0 saturated carbocycles. The highest BCUT2D eigenvalue weighted by Crippen LogP contribution is 2.36. The third-order valence-electron chi connectivity index (χ3n) is 5.36. The average molecular weight is 536 g/mol. The lowest BCUT2D eigenvalue weighted by Gasteiger charge is -2.15. The molecule has 2 unspecified atom stereocenters. The van der Waals surface area contributed by atoms with Crippen LogP contribution in [0, 0.1) is 11.6 Å². The zero-order chi connectivity index (χ0) is 21.7. The Morgan fingerprint density at radius 3 is 1.87 bits per heavy atom. The van der Waals surface area contributed by atoms with E-state index in [4.69, 9.17) is 0 Å². The summed E-state index contributed by atoms with van der Waals surface area (Å²) < 4.78 is 29.4. The van der Waals surface area contributed by atoms with Crippen molar-refractivity contribution in [3.8, 4) is 22.3 Å². The molecule has 30 heavy (non-hydrogen) atoms. The van der Waals surface area contributed by atoms with E-state index in [1.807, 2.05) is 31.2 Å². The molecule has 0 amide bonds. The summed E-state index contributed by atoms with van der Waals surface area (Å²) in [6, 6.07) is 19.5. The van der Waals surface area contributed by atoms with Crippen molar-refractivity contribution in [2.24, 2.45) is 0 Å². The van der Waals surface area contributed by atoms with Crippen LogP contribution in [-0.4, -0.2) is 4.83 Å². The van der Waals surface area contributed by atoms with Crippen molar-refractivity contribution in [1.82, 2.24) is 0 Å². The second-order valence-corrected chi connectivity index (χ2v) is 10.1. The molecule has 2 atom stereocenters. The summed E-state index contributed by atoms with van der Waals surface area (Å²) in [5, 5.41) is 0. The third kappa shape index (κ3) is 5.39. The second-order valence-electron chi connectivity index (χ2n) is 7.64. The van der Waals surface area contributed by atoms with Crippen molar-refractivity contribution >= 4 is 31.9 Å². The normalized spacial score (nSPS) is 13.3. The molecule has 0 saturated heterocycles. The SMILES string of the molecule is CCCCCc1ccc(-c2ccc(-c3ccc(C(Br)C(C)Br)c(F)c3F)cc2)cc1. The van der Waals surface area contributed by atoms with Gasteiger partial charge in [0, 0.05) is 16.0 Å². The third-order valence-corrected chi connectivity index (χ3v) is 7.89. The molecule has 3 rings (SSSR count). The maximum Gasteiger partial charge on any atom is 0.166 e. The summed E-state index contributed by atoms with van der Waals surface area (Å²) in [4.78, 5) is -0.317. The fraction of sp³-hybridized carbons (Fsp3) is 0.308. The Bertz CT molecular complexity index is 964. The predicted octanol–water partition coefficient (Wildman–Crippen LogP) is 9.25. The standard InChI is InChI=1S/C26H26Br2F2/c1-3-4-5-6-18-7-9-19(10-8-18)20-11-13-21(14-12-20)22-15-16-23(24(28)17(2)27)26(30)25(22)29/h7-17,24H,3-6H2,1-2H3. The molecule has 0 fully saturated rings. The highest BCUT2D eigenvalue weighted by molar-refractivity contribution is 9.12. The quantitative estimate of drug-likeness (QED) is 0.199. The Morgan fingerprint density at radius 1 is 0.733 bits per heavy atom. The van der Waals surface area contributed by atoms with E-state index in [1.165, 1.54) is 24.8 Å². The first-order chi connectivity index (χ1) is 14.4. The van der Waals surface area contributed by atoms with Gasteiger partial charge >= 0.3 is 0 Å². The first-order valence-corrected chi connectivity index (χ1v) is 12.2. The molecule has 0 aromatic heterocycles. The van der Waals surface area contributed by atoms with Crippen molar-refractivity contribution in [1.29, 1.82) is 0 Å². The van der Waals surface area contributed by atoms with E-state index in [1.54, 1.807) is 12.1 Å². The molecular formula is C26H26Br2F2. The zero-order valence-corrected chi connectivity index (χ0v) is 20.4. The van der Waals surface area contributed by atoms with E-state index in [0.29, 0.717) is 11.1 Å². The molecule has 0 aliphatic rings. The molecule has 0 bridgehead atoms. The van der Waals surface area contributed by atoms with Crippen LogP contribution in [0.3, 0.4) is 0 Å². The molecular weight excluding hydrogens is 510 g/mol. The van der Waals surface area contributed by atoms with Crippen LogP contribution in [0.2, 0.25) is 0 Å². The van der Waals surface area contributed by atoms with Crippen LogP contribution in [-0.2, 0) is 6.42 Å². The van der Waals surface area contributed by atoms with E-state index in [2.05, 4.69) is 63.0 Å². The number of hydrogen-bond donors (Lipinski definition) is 0. The van der Waals surface area contributed by atoms with E-state index < -0.39 is 11.6 Å². The average Bonchev–Trinajstić information content (AvgIpc) is 2.76. The van der Waals surface area contributed by atoms with Gasteiger partial charge in [-0.1, -0.05) is 119 Å². The molecule has 0 heterocycles. The van der Waals surface area contributed by atoms with Crippen molar-refractivity contribution < 1.29 is 8.78 Å². The van der Waals surface area contributed by atoms with Crippen LogP contribution in [0.15, 0.2) is 60.7 Å². The summed E-state index contributed by atoms with van der Waals surface area (Å²) in [6.07, 6.45) is 4.81. The first-order valence-electron chi connectivity index (χ1n) is 10.4. The first kappa shape index (κ1) is 23.1. The Labute approximate surface area is 195 Å². The number of hydrogen-bond acceptors (Lipinski definition) is 0. The van der Waals surface area contributed by atoms with E-state index >= 15 is 0 Å². The van der Waals surface area contributed by atoms with Gasteiger partial charge in [-0.15, -0.1) is 0 Å². The molecule has 3 aromatic carbocycles. The molecule has 0 radical (unpaired) electrons. The lowest BCUT2D eigenvalue weighted by Crippen LogP contribution is -2.06. The topological polar surface area (TPSA) is 0 Å². The van der Waals surface area contributed by atoms with Gasteiger partial charge in [0.15, 0.2) is 11.6 Å². The Kier molecular flexibility index (Phi) is 8.24. The highest BCUT2D eigenvalue weighted by Gasteiger charge is 2.22. The van der Waals surface area contributed by atoms with Crippen molar-refractivity contribution in [2.45, 2.75) is 49.2 Å². The summed E-state index contributed by atoms with van der Waals surface area (Å²) >= 11 is 6.83. The number of aryl methyl sites for hydroxylation is 1. The number of unbranched alkanes of at least 4 members (excludes halogenated alkanes) is 2. The highest BCUT2D eigenvalue weighted by atomic mass is 79.9. The second kappa shape index (κ2) is 10.7. The lowest BCUT2D eigenvalue weighted by atomic mass is 9.97. The fourth-order valence-corrected chi connectivity index (χ4v) is 4.17. The maximum atomic E-state index is 14.8. The summed E-state index contributed by atoms with van der Waals surface area (Å²) in [6.45, 7) is 4.10. The van der Waals surface area contributed by atoms with Crippen molar-refractivity contribution in [2.75, 3.05) is 0 Å². The number of benzene rings is 3. The van der Waals surface area contributed by atoms with Crippen LogP contribution >= 0.6 is 31.9 Å². The van der Waals surface area contributed by atoms with Crippen molar-refractivity contribution in [3.63, 3.8) is 0 Å². The summed E-state index contributed by atoms with van der Waals surface area (Å²) in [5.41, 5.74) is 4.79. The Hall–Kier alpha value is -1.52. The predicted molar refractivity (Wildman–Crippen MR) is 131 cm³/mol. The number of rotatable bonds is 8. The van der Waals surface area contributed by atoms with Gasteiger partial charge in [0.1, 0.15) is 0 Å². The molecule has 0 nitrogen and oxygen atoms in total. The summed E-state index contributed by atoms with van der Waals surface area (Å²) in [5.74, 6) is -1.61. The van der Waals surface area contributed by atoms with Crippen LogP contribution in [0.4, 0.5) is 8.78 Å². The Morgan fingerprint density at radius 2 is 1.30 bits per heavy atom. The molecule has 0 N–H and O–H groups in total. The van der Waals surface area contributed by atoms with Crippen LogP contribution in [0.25, 0.3) is 22.3 Å². The zero-order valence-electron chi connectivity index (χ0n) is 17.3. The van der Waals surface area contributed by atoms with E-state index in [9.17, 15) is 8.78 Å². The molecule has 0 aliphatic heterocycles. The molecule has 3 aromatic rings. The van der Waals surface area contributed by atoms with Gasteiger partial charge in [0.05, 0.1) is 4.83 Å². The minimum Gasteiger partial charge on any atom is -0.203 e.